The standard InChI is InChI=1S/C26H29ClN2O5/c1-15(2)26(33)29(14-16-7-9-17(27)10-8-16)20-13-19(25(32)28-11-12-30)22-18-5-3-4-6-21(18)34-24(22)23(20)31/h3-10,13,15,20,22-24,30-31H,11-12,14H2,1-2H3,(H,28,32)/t20-,22+,23+,24+/m1/s1. The second-order valence-electron chi connectivity index (χ2n) is 8.93. The minimum atomic E-state index is -1.05. The summed E-state index contributed by atoms with van der Waals surface area (Å²) in [6.45, 7) is 3.75. The summed E-state index contributed by atoms with van der Waals surface area (Å²) in [5.41, 5.74) is 2.08. The zero-order valence-electron chi connectivity index (χ0n) is 19.1. The molecule has 0 spiro atoms. The van der Waals surface area contributed by atoms with E-state index in [1.807, 2.05) is 36.4 Å². The second-order valence-corrected chi connectivity index (χ2v) is 9.36. The van der Waals surface area contributed by atoms with Crippen LogP contribution in [-0.2, 0) is 16.1 Å². The molecule has 4 rings (SSSR count). The van der Waals surface area contributed by atoms with Crippen molar-refractivity contribution in [2.24, 2.45) is 5.92 Å². The highest BCUT2D eigenvalue weighted by Crippen LogP contribution is 2.47. The van der Waals surface area contributed by atoms with Crippen molar-refractivity contribution < 1.29 is 24.5 Å². The number of rotatable bonds is 7. The van der Waals surface area contributed by atoms with Gasteiger partial charge < -0.3 is 25.2 Å². The zero-order valence-corrected chi connectivity index (χ0v) is 19.9. The first kappa shape index (κ1) is 24.3. The molecule has 0 unspecified atom stereocenters. The predicted molar refractivity (Wildman–Crippen MR) is 128 cm³/mol. The Morgan fingerprint density at radius 2 is 1.85 bits per heavy atom. The monoisotopic (exact) mass is 484 g/mol. The average molecular weight is 485 g/mol. The molecule has 0 bridgehead atoms. The molecule has 8 heteroatoms. The fourth-order valence-corrected chi connectivity index (χ4v) is 4.77. The van der Waals surface area contributed by atoms with Crippen molar-refractivity contribution in [3.05, 3.63) is 76.3 Å². The molecule has 2 aliphatic rings. The fraction of sp³-hybridized carbons (Fsp3) is 0.385. The molecule has 0 saturated carbocycles. The number of para-hydroxylation sites is 1. The van der Waals surface area contributed by atoms with E-state index < -0.39 is 24.2 Å². The molecule has 4 atom stereocenters. The van der Waals surface area contributed by atoms with E-state index >= 15 is 0 Å². The molecule has 0 fully saturated rings. The summed E-state index contributed by atoms with van der Waals surface area (Å²) in [6, 6.07) is 13.8. The number of nitrogens with zero attached hydrogens (tertiary/aromatic N) is 1. The van der Waals surface area contributed by atoms with E-state index in [9.17, 15) is 19.8 Å². The Kier molecular flexibility index (Phi) is 7.26. The largest absolute Gasteiger partial charge is 0.486 e. The molecule has 7 nitrogen and oxygen atoms in total. The Hall–Kier alpha value is -2.87. The highest BCUT2D eigenvalue weighted by molar-refractivity contribution is 6.30. The van der Waals surface area contributed by atoms with Gasteiger partial charge in [0.1, 0.15) is 18.0 Å². The number of nitrogens with one attached hydrogen (secondary N) is 1. The molecule has 2 amide bonds. The lowest BCUT2D eigenvalue weighted by Gasteiger charge is -2.41. The van der Waals surface area contributed by atoms with Crippen molar-refractivity contribution >= 4 is 23.4 Å². The quantitative estimate of drug-likeness (QED) is 0.561. The first-order valence-corrected chi connectivity index (χ1v) is 11.8. The predicted octanol–water partition coefficient (Wildman–Crippen LogP) is 2.65. The first-order chi connectivity index (χ1) is 16.3. The van der Waals surface area contributed by atoms with E-state index in [1.165, 1.54) is 0 Å². The topological polar surface area (TPSA) is 99.1 Å². The van der Waals surface area contributed by atoms with Crippen molar-refractivity contribution in [3.8, 4) is 5.75 Å². The number of hydrogen-bond donors (Lipinski definition) is 3. The second kappa shape index (κ2) is 10.2. The summed E-state index contributed by atoms with van der Waals surface area (Å²) < 4.78 is 6.12. The summed E-state index contributed by atoms with van der Waals surface area (Å²) in [5, 5.41) is 24.0. The number of halogens is 1. The molecule has 0 radical (unpaired) electrons. The van der Waals surface area contributed by atoms with Crippen LogP contribution in [-0.4, -0.2) is 58.3 Å². The zero-order chi connectivity index (χ0) is 24.4. The first-order valence-electron chi connectivity index (χ1n) is 11.4. The number of hydrogen-bond acceptors (Lipinski definition) is 5. The van der Waals surface area contributed by atoms with Crippen LogP contribution in [0.5, 0.6) is 5.75 Å². The van der Waals surface area contributed by atoms with Gasteiger partial charge in [0.15, 0.2) is 0 Å². The Labute approximate surface area is 204 Å². The van der Waals surface area contributed by atoms with Crippen molar-refractivity contribution in [2.75, 3.05) is 13.2 Å². The van der Waals surface area contributed by atoms with Crippen LogP contribution in [0.15, 0.2) is 60.2 Å². The Balaban J connectivity index is 1.76. The normalized spacial score (nSPS) is 22.9. The van der Waals surface area contributed by atoms with Gasteiger partial charge in [0.2, 0.25) is 11.8 Å². The fourth-order valence-electron chi connectivity index (χ4n) is 4.64. The molecule has 180 valence electrons. The minimum Gasteiger partial charge on any atom is -0.486 e. The van der Waals surface area contributed by atoms with Crippen LogP contribution in [0.2, 0.25) is 5.02 Å². The molecule has 0 saturated heterocycles. The summed E-state index contributed by atoms with van der Waals surface area (Å²) in [5.74, 6) is -0.701. The molecular formula is C26H29ClN2O5. The molecule has 1 aliphatic carbocycles. The van der Waals surface area contributed by atoms with Crippen LogP contribution in [0.3, 0.4) is 0 Å². The lowest BCUT2D eigenvalue weighted by atomic mass is 9.77. The summed E-state index contributed by atoms with van der Waals surface area (Å²) in [4.78, 5) is 28.0. The van der Waals surface area contributed by atoms with Gasteiger partial charge >= 0.3 is 0 Å². The van der Waals surface area contributed by atoms with Crippen molar-refractivity contribution in [1.29, 1.82) is 0 Å². The highest BCUT2D eigenvalue weighted by atomic mass is 35.5. The van der Waals surface area contributed by atoms with E-state index in [0.717, 1.165) is 11.1 Å². The number of amides is 2. The number of aliphatic hydroxyl groups excluding tert-OH is 2. The van der Waals surface area contributed by atoms with E-state index in [0.29, 0.717) is 16.3 Å². The van der Waals surface area contributed by atoms with Crippen LogP contribution < -0.4 is 10.1 Å². The Morgan fingerprint density at radius 3 is 2.53 bits per heavy atom. The van der Waals surface area contributed by atoms with E-state index in [-0.39, 0.29) is 37.4 Å². The maximum atomic E-state index is 13.3. The van der Waals surface area contributed by atoms with Gasteiger partial charge in [-0.05, 0) is 29.8 Å². The van der Waals surface area contributed by atoms with E-state index in [2.05, 4.69) is 5.32 Å². The van der Waals surface area contributed by atoms with Gasteiger partial charge in [0.25, 0.3) is 0 Å². The van der Waals surface area contributed by atoms with Crippen LogP contribution in [0.25, 0.3) is 0 Å². The number of benzene rings is 2. The number of aliphatic hydroxyl groups is 2. The van der Waals surface area contributed by atoms with E-state index in [1.54, 1.807) is 37.0 Å². The van der Waals surface area contributed by atoms with E-state index in [4.69, 9.17) is 16.3 Å². The number of carbonyl (C=O) groups is 2. The van der Waals surface area contributed by atoms with Crippen LogP contribution in [0.4, 0.5) is 0 Å². The average Bonchev–Trinajstić information content (AvgIpc) is 3.22. The maximum Gasteiger partial charge on any atom is 0.247 e. The summed E-state index contributed by atoms with van der Waals surface area (Å²) in [6.07, 6.45) is -0.100. The Bertz CT molecular complexity index is 1080. The van der Waals surface area contributed by atoms with Crippen molar-refractivity contribution in [1.82, 2.24) is 10.2 Å². The van der Waals surface area contributed by atoms with Crippen LogP contribution >= 0.6 is 11.6 Å². The lowest BCUT2D eigenvalue weighted by molar-refractivity contribution is -0.141. The van der Waals surface area contributed by atoms with Gasteiger partial charge in [-0.15, -0.1) is 0 Å². The van der Waals surface area contributed by atoms with Crippen molar-refractivity contribution in [3.63, 3.8) is 0 Å². The molecule has 2 aromatic rings. The molecule has 3 N–H and O–H groups in total. The third-order valence-corrected chi connectivity index (χ3v) is 6.53. The van der Waals surface area contributed by atoms with Crippen LogP contribution in [0, 0.1) is 5.92 Å². The number of carbonyl (C=O) groups excluding carboxylic acids is 2. The Morgan fingerprint density at radius 1 is 1.15 bits per heavy atom. The third-order valence-electron chi connectivity index (χ3n) is 6.28. The number of ether oxygens (including phenoxy) is 1. The summed E-state index contributed by atoms with van der Waals surface area (Å²) in [7, 11) is 0. The number of fused-ring (bicyclic) bond motifs is 3. The molecular weight excluding hydrogens is 456 g/mol. The molecule has 2 aromatic carbocycles. The SMILES string of the molecule is CC(C)C(=O)N(Cc1ccc(Cl)cc1)[C@@H]1C=C(C(=O)NCCO)[C@@H]2c3ccccc3O[C@@H]2[C@H]1O. The van der Waals surface area contributed by atoms with Gasteiger partial charge in [0, 0.05) is 35.2 Å². The summed E-state index contributed by atoms with van der Waals surface area (Å²) >= 11 is 6.02. The smallest absolute Gasteiger partial charge is 0.247 e. The minimum absolute atomic E-state index is 0.0999. The molecule has 1 heterocycles. The maximum absolute atomic E-state index is 13.3. The van der Waals surface area contributed by atoms with Crippen LogP contribution in [0.1, 0.15) is 30.9 Å². The van der Waals surface area contributed by atoms with Gasteiger partial charge in [-0.2, -0.15) is 0 Å². The lowest BCUT2D eigenvalue weighted by Crippen LogP contribution is -2.56. The highest BCUT2D eigenvalue weighted by Gasteiger charge is 2.50. The van der Waals surface area contributed by atoms with Gasteiger partial charge in [-0.25, -0.2) is 0 Å². The van der Waals surface area contributed by atoms with Gasteiger partial charge in [-0.3, -0.25) is 9.59 Å². The van der Waals surface area contributed by atoms with Gasteiger partial charge in [0.05, 0.1) is 18.6 Å². The molecule has 1 aliphatic heterocycles. The molecule has 34 heavy (non-hydrogen) atoms. The molecule has 0 aromatic heterocycles. The third kappa shape index (κ3) is 4.69. The van der Waals surface area contributed by atoms with Crippen molar-refractivity contribution in [2.45, 2.75) is 44.6 Å². The van der Waals surface area contributed by atoms with Gasteiger partial charge in [-0.1, -0.05) is 55.8 Å².